The molecule has 21 heavy (non-hydrogen) atoms. The number of H-pyrrole nitrogens is 1. The number of sulfonamides is 1. The number of hydrogen-bond donors (Lipinski definition) is 3. The number of rotatable bonds is 6. The van der Waals surface area contributed by atoms with Crippen LogP contribution in [0.1, 0.15) is 24.4 Å². The summed E-state index contributed by atoms with van der Waals surface area (Å²) < 4.78 is 27.9. The smallest absolute Gasteiger partial charge is 0.326 e. The minimum Gasteiger partial charge on any atom is -0.480 e. The zero-order valence-electron chi connectivity index (χ0n) is 11.4. The Labute approximate surface area is 121 Å². The Hall–Kier alpha value is -2.20. The summed E-state index contributed by atoms with van der Waals surface area (Å²) in [5.41, 5.74) is 0.240. The number of aryl methyl sites for hydroxylation is 2. The molecule has 3 N–H and O–H groups in total. The molecule has 1 atom stereocenters. The van der Waals surface area contributed by atoms with Crippen molar-refractivity contribution in [1.29, 1.82) is 0 Å². The first kappa shape index (κ1) is 15.2. The van der Waals surface area contributed by atoms with Gasteiger partial charge in [0.05, 0.1) is 12.4 Å². The highest BCUT2D eigenvalue weighted by molar-refractivity contribution is 7.89. The second-order valence-corrected chi connectivity index (χ2v) is 6.07. The predicted molar refractivity (Wildman–Crippen MR) is 71.9 cm³/mol. The molecule has 2 aromatic rings. The Bertz CT molecular complexity index is 748. The van der Waals surface area contributed by atoms with Gasteiger partial charge in [-0.2, -0.15) is 9.82 Å². The van der Waals surface area contributed by atoms with E-state index in [-0.39, 0.29) is 10.6 Å². The van der Waals surface area contributed by atoms with Crippen molar-refractivity contribution in [3.63, 3.8) is 0 Å². The Morgan fingerprint density at radius 3 is 2.71 bits per heavy atom. The third kappa shape index (κ3) is 3.28. The topological polar surface area (TPSA) is 130 Å². The maximum Gasteiger partial charge on any atom is 0.326 e. The second-order valence-electron chi connectivity index (χ2n) is 4.39. The van der Waals surface area contributed by atoms with Crippen LogP contribution < -0.4 is 4.72 Å². The molecule has 0 saturated carbocycles. The first-order chi connectivity index (χ1) is 9.83. The van der Waals surface area contributed by atoms with E-state index in [4.69, 9.17) is 0 Å². The number of aliphatic carboxylic acids is 1. The number of aromatic nitrogens is 4. The third-order valence-corrected chi connectivity index (χ3v) is 4.14. The van der Waals surface area contributed by atoms with Gasteiger partial charge in [0, 0.05) is 25.2 Å². The van der Waals surface area contributed by atoms with Crippen LogP contribution in [-0.4, -0.2) is 39.2 Å². The molecule has 2 rings (SSSR count). The van der Waals surface area contributed by atoms with Crippen molar-refractivity contribution in [2.75, 3.05) is 0 Å². The molecule has 0 spiro atoms. The van der Waals surface area contributed by atoms with Crippen molar-refractivity contribution >= 4 is 16.0 Å². The zero-order valence-corrected chi connectivity index (χ0v) is 12.3. The van der Waals surface area contributed by atoms with Crippen LogP contribution in [0.15, 0.2) is 23.6 Å². The molecule has 0 bridgehead atoms. The molecule has 0 amide bonds. The maximum absolute atomic E-state index is 12.2. The number of hydrogen-bond acceptors (Lipinski definition) is 5. The molecular weight excluding hydrogens is 298 g/mol. The Morgan fingerprint density at radius 2 is 2.24 bits per heavy atom. The minimum atomic E-state index is -4.02. The molecular formula is C11H15N5O4S. The fourth-order valence-corrected chi connectivity index (χ4v) is 2.85. The van der Waals surface area contributed by atoms with E-state index in [1.165, 1.54) is 17.1 Å². The monoisotopic (exact) mass is 313 g/mol. The highest BCUT2D eigenvalue weighted by Gasteiger charge is 2.29. The van der Waals surface area contributed by atoms with Gasteiger partial charge in [-0.05, 0) is 0 Å². The summed E-state index contributed by atoms with van der Waals surface area (Å²) >= 11 is 0. The van der Waals surface area contributed by atoms with E-state index in [0.29, 0.717) is 12.2 Å². The van der Waals surface area contributed by atoms with Crippen LogP contribution in [-0.2, 0) is 28.3 Å². The maximum atomic E-state index is 12.2. The van der Waals surface area contributed by atoms with Crippen LogP contribution in [0.2, 0.25) is 0 Å². The van der Waals surface area contributed by atoms with E-state index in [1.54, 1.807) is 7.05 Å². The number of imidazole rings is 1. The van der Waals surface area contributed by atoms with Crippen LogP contribution in [0.5, 0.6) is 0 Å². The van der Waals surface area contributed by atoms with Crippen molar-refractivity contribution in [3.8, 4) is 0 Å². The van der Waals surface area contributed by atoms with Gasteiger partial charge in [-0.25, -0.2) is 13.4 Å². The van der Waals surface area contributed by atoms with E-state index < -0.39 is 22.0 Å². The number of aromatic amines is 1. The molecule has 0 aliphatic rings. The van der Waals surface area contributed by atoms with E-state index in [1.807, 2.05) is 6.92 Å². The molecule has 0 aliphatic carbocycles. The number of carboxylic acids is 1. The lowest BCUT2D eigenvalue weighted by molar-refractivity contribution is -0.139. The molecule has 0 aromatic carbocycles. The fourth-order valence-electron chi connectivity index (χ4n) is 1.73. The summed E-state index contributed by atoms with van der Waals surface area (Å²) in [5, 5.41) is 12.9. The molecule has 0 saturated heterocycles. The molecule has 2 aromatic heterocycles. The molecule has 1 unspecified atom stereocenters. The van der Waals surface area contributed by atoms with Crippen molar-refractivity contribution in [2.24, 2.45) is 7.05 Å². The molecule has 0 aliphatic heterocycles. The van der Waals surface area contributed by atoms with Gasteiger partial charge in [0.25, 0.3) is 10.0 Å². The van der Waals surface area contributed by atoms with Crippen LogP contribution >= 0.6 is 0 Å². The van der Waals surface area contributed by atoms with Crippen LogP contribution in [0.3, 0.4) is 0 Å². The van der Waals surface area contributed by atoms with Gasteiger partial charge in [-0.3, -0.25) is 9.48 Å². The van der Waals surface area contributed by atoms with Crippen molar-refractivity contribution in [2.45, 2.75) is 24.4 Å². The molecule has 0 fully saturated rings. The number of nitrogens with zero attached hydrogens (tertiary/aromatic N) is 3. The van der Waals surface area contributed by atoms with Gasteiger partial charge >= 0.3 is 5.97 Å². The summed E-state index contributed by atoms with van der Waals surface area (Å²) in [6.07, 6.45) is 4.43. The van der Waals surface area contributed by atoms with Gasteiger partial charge in [-0.1, -0.05) is 6.92 Å². The molecule has 114 valence electrons. The average molecular weight is 313 g/mol. The van der Waals surface area contributed by atoms with E-state index in [0.717, 1.165) is 6.20 Å². The fraction of sp³-hybridized carbons (Fsp3) is 0.364. The van der Waals surface area contributed by atoms with Crippen molar-refractivity contribution in [1.82, 2.24) is 24.5 Å². The lowest BCUT2D eigenvalue weighted by Crippen LogP contribution is -2.33. The Balaban J connectivity index is 2.29. The summed E-state index contributed by atoms with van der Waals surface area (Å²) in [6.45, 7) is 1.82. The summed E-state index contributed by atoms with van der Waals surface area (Å²) in [6, 6.07) is -1.42. The van der Waals surface area contributed by atoms with E-state index in [9.17, 15) is 18.3 Å². The zero-order chi connectivity index (χ0) is 15.6. The van der Waals surface area contributed by atoms with E-state index in [2.05, 4.69) is 19.8 Å². The largest absolute Gasteiger partial charge is 0.480 e. The minimum absolute atomic E-state index is 0.172. The first-order valence-corrected chi connectivity index (χ1v) is 7.59. The van der Waals surface area contributed by atoms with Gasteiger partial charge in [0.15, 0.2) is 5.03 Å². The number of carbonyl (C=O) groups is 1. The molecule has 2 heterocycles. The van der Waals surface area contributed by atoms with Crippen molar-refractivity contribution in [3.05, 3.63) is 30.0 Å². The normalized spacial score (nSPS) is 13.2. The molecule has 0 radical (unpaired) electrons. The quantitative estimate of drug-likeness (QED) is 0.677. The van der Waals surface area contributed by atoms with E-state index >= 15 is 0 Å². The molecule has 10 heteroatoms. The van der Waals surface area contributed by atoms with Crippen LogP contribution in [0, 0.1) is 0 Å². The first-order valence-electron chi connectivity index (χ1n) is 6.11. The van der Waals surface area contributed by atoms with Crippen molar-refractivity contribution < 1.29 is 18.3 Å². The predicted octanol–water partition coefficient (Wildman–Crippen LogP) is -0.190. The number of carboxylic acid groups (broad SMARTS) is 1. The Kier molecular flexibility index (Phi) is 4.09. The van der Waals surface area contributed by atoms with Gasteiger partial charge in [0.1, 0.15) is 11.9 Å². The number of nitrogens with one attached hydrogen (secondary N) is 2. The van der Waals surface area contributed by atoms with Gasteiger partial charge < -0.3 is 10.1 Å². The third-order valence-electron chi connectivity index (χ3n) is 2.81. The summed E-state index contributed by atoms with van der Waals surface area (Å²) in [5.74, 6) is -0.814. The Morgan fingerprint density at radius 1 is 1.52 bits per heavy atom. The lowest BCUT2D eigenvalue weighted by atomic mass is 10.2. The lowest BCUT2D eigenvalue weighted by Gasteiger charge is -2.12. The highest BCUT2D eigenvalue weighted by Crippen LogP contribution is 2.16. The SMILES string of the molecule is CCc1ncc(S(=O)(=O)NC(C(=O)O)c2cnn(C)c2)[nH]1. The summed E-state index contributed by atoms with van der Waals surface area (Å²) in [7, 11) is -2.41. The standard InChI is InChI=1S/C11H15N5O4S/c1-3-8-12-5-9(14-8)21(19,20)15-10(11(17)18)7-4-13-16(2)6-7/h4-6,10,15H,3H2,1-2H3,(H,12,14)(H,17,18). The van der Waals surface area contributed by atoms with Gasteiger partial charge in [0.2, 0.25) is 0 Å². The summed E-state index contributed by atoms with van der Waals surface area (Å²) in [4.78, 5) is 17.8. The van der Waals surface area contributed by atoms with Crippen LogP contribution in [0.25, 0.3) is 0 Å². The second kappa shape index (κ2) is 5.66. The molecule has 9 nitrogen and oxygen atoms in total. The van der Waals surface area contributed by atoms with Gasteiger partial charge in [-0.15, -0.1) is 0 Å². The van der Waals surface area contributed by atoms with Crippen LogP contribution in [0.4, 0.5) is 0 Å². The average Bonchev–Trinajstić information content (AvgIpc) is 3.04. The highest BCUT2D eigenvalue weighted by atomic mass is 32.2.